The van der Waals surface area contributed by atoms with Gasteiger partial charge in [0.25, 0.3) is 0 Å². The maximum absolute atomic E-state index is 5.22. The summed E-state index contributed by atoms with van der Waals surface area (Å²) < 4.78 is 0. The molecule has 0 aromatic rings. The van der Waals surface area contributed by atoms with Gasteiger partial charge in [0.1, 0.15) is 0 Å². The Hall–Kier alpha value is -0.430. The minimum atomic E-state index is 0.466. The Morgan fingerprint density at radius 2 is 1.82 bits per heavy atom. The fourth-order valence-electron chi connectivity index (χ4n) is 1.30. The summed E-state index contributed by atoms with van der Waals surface area (Å²) in [5, 5.41) is 0. The predicted octanol–water partition coefficient (Wildman–Crippen LogP) is 3.29. The summed E-state index contributed by atoms with van der Waals surface area (Å²) >= 11 is 5.22. The maximum atomic E-state index is 5.22. The van der Waals surface area contributed by atoms with Crippen molar-refractivity contribution in [2.24, 2.45) is 5.92 Å². The predicted molar refractivity (Wildman–Crippen MR) is 53.9 cm³/mol. The van der Waals surface area contributed by atoms with Crippen molar-refractivity contribution in [3.05, 3.63) is 22.8 Å². The summed E-state index contributed by atoms with van der Waals surface area (Å²) in [6.45, 7) is 8.63. The number of hydrogen-bond donors (Lipinski definition) is 0. The topological polar surface area (TPSA) is 0 Å². The molecule has 0 N–H and O–H groups in total. The van der Waals surface area contributed by atoms with Gasteiger partial charge in [-0.3, -0.25) is 0 Å². The molecule has 0 nitrogen and oxygen atoms in total. The summed E-state index contributed by atoms with van der Waals surface area (Å²) in [5.74, 6) is 0.466. The summed E-state index contributed by atoms with van der Waals surface area (Å²) in [4.78, 5) is 1.07. The molecule has 0 saturated heterocycles. The lowest BCUT2D eigenvalue weighted by Gasteiger charge is -2.21. The van der Waals surface area contributed by atoms with Crippen molar-refractivity contribution in [1.29, 1.82) is 0 Å². The molecule has 1 unspecified atom stereocenters. The minimum absolute atomic E-state index is 0.466. The molecule has 0 radical (unpaired) electrons. The van der Waals surface area contributed by atoms with Crippen LogP contribution in [0.15, 0.2) is 22.8 Å². The molecule has 1 aliphatic rings. The molecule has 0 heterocycles. The molecule has 0 spiro atoms. The van der Waals surface area contributed by atoms with E-state index in [0.29, 0.717) is 5.92 Å². The van der Waals surface area contributed by atoms with Gasteiger partial charge in [0.2, 0.25) is 0 Å². The zero-order chi connectivity index (χ0) is 8.59. The van der Waals surface area contributed by atoms with Gasteiger partial charge in [-0.25, -0.2) is 0 Å². The average Bonchev–Trinajstić information content (AvgIpc) is 1.97. The average molecular weight is 166 g/mol. The third-order valence-electron chi connectivity index (χ3n) is 2.62. The molecule has 0 saturated carbocycles. The third-order valence-corrected chi connectivity index (χ3v) is 3.09. The molecule has 11 heavy (non-hydrogen) atoms. The lowest BCUT2D eigenvalue weighted by atomic mass is 9.86. The molecule has 0 aromatic carbocycles. The van der Waals surface area contributed by atoms with E-state index in [1.54, 1.807) is 0 Å². The van der Waals surface area contributed by atoms with Gasteiger partial charge in [-0.1, -0.05) is 24.7 Å². The van der Waals surface area contributed by atoms with Crippen molar-refractivity contribution >= 4 is 17.1 Å². The second-order valence-corrected chi connectivity index (χ2v) is 3.73. The van der Waals surface area contributed by atoms with E-state index in [9.17, 15) is 0 Å². The number of allylic oxidation sites excluding steroid dienone is 4. The lowest BCUT2D eigenvalue weighted by Crippen LogP contribution is -2.13. The van der Waals surface area contributed by atoms with Crippen LogP contribution in [0.3, 0.4) is 0 Å². The maximum Gasteiger partial charge on any atom is 0.0223 e. The van der Waals surface area contributed by atoms with Gasteiger partial charge in [-0.2, -0.15) is 0 Å². The first-order valence-corrected chi connectivity index (χ1v) is 4.34. The van der Waals surface area contributed by atoms with Crippen LogP contribution in [0.2, 0.25) is 0 Å². The molecule has 0 bridgehead atoms. The molecule has 60 valence electrons. The first-order chi connectivity index (χ1) is 5.04. The first kappa shape index (κ1) is 8.66. The van der Waals surface area contributed by atoms with Gasteiger partial charge < -0.3 is 0 Å². The Labute approximate surface area is 74.0 Å². The molecule has 0 amide bonds. The highest BCUT2D eigenvalue weighted by molar-refractivity contribution is 7.80. The normalized spacial score (nSPS) is 25.6. The van der Waals surface area contributed by atoms with E-state index in [-0.39, 0.29) is 0 Å². The molecule has 1 heteroatoms. The van der Waals surface area contributed by atoms with Crippen LogP contribution in [0.5, 0.6) is 0 Å². The van der Waals surface area contributed by atoms with Crippen molar-refractivity contribution in [1.82, 2.24) is 0 Å². The lowest BCUT2D eigenvalue weighted by molar-refractivity contribution is 0.899. The summed E-state index contributed by atoms with van der Waals surface area (Å²) in [5.41, 5.74) is 4.16. The molecule has 0 aliphatic heterocycles. The smallest absolute Gasteiger partial charge is 0.0223 e. The molecule has 0 aromatic heterocycles. The van der Waals surface area contributed by atoms with Crippen LogP contribution in [-0.4, -0.2) is 4.86 Å². The van der Waals surface area contributed by atoms with E-state index in [0.717, 1.165) is 4.86 Å². The third kappa shape index (κ3) is 1.43. The molecule has 1 aliphatic carbocycles. The van der Waals surface area contributed by atoms with Crippen molar-refractivity contribution in [2.45, 2.75) is 27.7 Å². The molecular formula is C10H14S. The highest BCUT2D eigenvalue weighted by Crippen LogP contribution is 2.27. The van der Waals surface area contributed by atoms with Crippen molar-refractivity contribution in [3.63, 3.8) is 0 Å². The van der Waals surface area contributed by atoms with E-state index in [4.69, 9.17) is 12.2 Å². The SMILES string of the molecule is CC1=CC(=S)C(C)C(C)=C1C. The number of thiocarbonyl (C=S) groups is 1. The quantitative estimate of drug-likeness (QED) is 0.498. The highest BCUT2D eigenvalue weighted by Gasteiger charge is 2.16. The van der Waals surface area contributed by atoms with Crippen LogP contribution in [0.1, 0.15) is 27.7 Å². The summed E-state index contributed by atoms with van der Waals surface area (Å²) in [7, 11) is 0. The van der Waals surface area contributed by atoms with Gasteiger partial charge in [0, 0.05) is 10.8 Å². The molecule has 0 fully saturated rings. The fourth-order valence-corrected chi connectivity index (χ4v) is 1.65. The Morgan fingerprint density at radius 1 is 1.27 bits per heavy atom. The van der Waals surface area contributed by atoms with Gasteiger partial charge in [-0.05, 0) is 38.0 Å². The van der Waals surface area contributed by atoms with Crippen molar-refractivity contribution in [3.8, 4) is 0 Å². The molecular weight excluding hydrogens is 152 g/mol. The second kappa shape index (κ2) is 2.90. The standard InChI is InChI=1S/C10H14S/c1-6-5-10(11)9(4)8(3)7(6)2/h5,9H,1-4H3. The fraction of sp³-hybridized carbons (Fsp3) is 0.500. The Kier molecular flexibility index (Phi) is 2.28. The van der Waals surface area contributed by atoms with Gasteiger partial charge in [0.15, 0.2) is 0 Å². The van der Waals surface area contributed by atoms with E-state index >= 15 is 0 Å². The summed E-state index contributed by atoms with van der Waals surface area (Å²) in [6, 6.07) is 0. The van der Waals surface area contributed by atoms with E-state index in [1.807, 2.05) is 0 Å². The van der Waals surface area contributed by atoms with Crippen molar-refractivity contribution in [2.75, 3.05) is 0 Å². The molecule has 1 atom stereocenters. The van der Waals surface area contributed by atoms with E-state index < -0.39 is 0 Å². The number of hydrogen-bond acceptors (Lipinski definition) is 1. The monoisotopic (exact) mass is 166 g/mol. The molecule has 1 rings (SSSR count). The van der Waals surface area contributed by atoms with Crippen LogP contribution in [0.25, 0.3) is 0 Å². The summed E-state index contributed by atoms with van der Waals surface area (Å²) in [6.07, 6.45) is 2.11. The first-order valence-electron chi connectivity index (χ1n) is 3.94. The highest BCUT2D eigenvalue weighted by atomic mass is 32.1. The van der Waals surface area contributed by atoms with E-state index in [1.165, 1.54) is 16.7 Å². The van der Waals surface area contributed by atoms with Crippen LogP contribution in [0, 0.1) is 5.92 Å². The van der Waals surface area contributed by atoms with Gasteiger partial charge in [-0.15, -0.1) is 0 Å². The largest absolute Gasteiger partial charge is 0.0843 e. The van der Waals surface area contributed by atoms with Crippen LogP contribution in [0.4, 0.5) is 0 Å². The van der Waals surface area contributed by atoms with Gasteiger partial charge in [0.05, 0.1) is 0 Å². The van der Waals surface area contributed by atoms with Gasteiger partial charge >= 0.3 is 0 Å². The van der Waals surface area contributed by atoms with Crippen LogP contribution in [-0.2, 0) is 0 Å². The zero-order valence-electron chi connectivity index (χ0n) is 7.56. The Bertz CT molecular complexity index is 256. The van der Waals surface area contributed by atoms with E-state index in [2.05, 4.69) is 33.8 Å². The Morgan fingerprint density at radius 3 is 2.36 bits per heavy atom. The Balaban J connectivity index is 3.12. The van der Waals surface area contributed by atoms with Crippen LogP contribution < -0.4 is 0 Å². The minimum Gasteiger partial charge on any atom is -0.0843 e. The zero-order valence-corrected chi connectivity index (χ0v) is 8.38. The number of rotatable bonds is 0. The van der Waals surface area contributed by atoms with Crippen LogP contribution >= 0.6 is 12.2 Å². The van der Waals surface area contributed by atoms with Crippen molar-refractivity contribution < 1.29 is 0 Å². The second-order valence-electron chi connectivity index (χ2n) is 3.26.